The summed E-state index contributed by atoms with van der Waals surface area (Å²) in [5, 5.41) is 0. The highest BCUT2D eigenvalue weighted by atomic mass is 16.5. The highest BCUT2D eigenvalue weighted by Gasteiger charge is 2.18. The van der Waals surface area contributed by atoms with E-state index >= 15 is 0 Å². The fraction of sp³-hybridized carbons (Fsp3) is 0.246. The van der Waals surface area contributed by atoms with Crippen molar-refractivity contribution in [1.82, 2.24) is 0 Å². The molecule has 0 amide bonds. The first-order valence-corrected chi connectivity index (χ1v) is 24.3. The van der Waals surface area contributed by atoms with Crippen LogP contribution < -0.4 is 23.7 Å². The monoisotopic (exact) mass is 936 g/mol. The molecule has 0 aromatic heterocycles. The molecule has 0 fully saturated rings. The summed E-state index contributed by atoms with van der Waals surface area (Å²) in [5.41, 5.74) is 7.68. The van der Waals surface area contributed by atoms with Gasteiger partial charge >= 0.3 is 23.9 Å². The normalized spacial score (nSPS) is 10.8. The third-order valence-corrected chi connectivity index (χ3v) is 12.1. The van der Waals surface area contributed by atoms with Crippen LogP contribution >= 0.6 is 0 Å². The van der Waals surface area contributed by atoms with Crippen molar-refractivity contribution in [2.75, 3.05) is 7.11 Å². The molecule has 7 aromatic rings. The molecule has 0 atom stereocenters. The zero-order chi connectivity index (χ0) is 49.1. The van der Waals surface area contributed by atoms with Crippen LogP contribution in [0.15, 0.2) is 164 Å². The molecule has 0 radical (unpaired) electrons. The van der Waals surface area contributed by atoms with E-state index in [-0.39, 0.29) is 39.9 Å². The van der Waals surface area contributed by atoms with Gasteiger partial charge in [-0.05, 0) is 150 Å². The second-order valence-corrected chi connectivity index (χ2v) is 17.3. The fourth-order valence-electron chi connectivity index (χ4n) is 7.96. The van der Waals surface area contributed by atoms with Crippen LogP contribution in [0.4, 0.5) is 0 Å². The lowest BCUT2D eigenvalue weighted by molar-refractivity contribution is 0.0714. The Bertz CT molecular complexity index is 2600. The molecule has 7 aromatic carbocycles. The van der Waals surface area contributed by atoms with E-state index in [1.54, 1.807) is 24.3 Å². The van der Waals surface area contributed by atoms with E-state index in [9.17, 15) is 19.2 Å². The molecule has 0 aliphatic heterocycles. The van der Waals surface area contributed by atoms with Crippen LogP contribution in [0, 0.1) is 0 Å². The molecule has 0 bridgehead atoms. The summed E-state index contributed by atoms with van der Waals surface area (Å²) >= 11 is 0. The number of esters is 4. The van der Waals surface area contributed by atoms with Gasteiger partial charge in [-0.2, -0.15) is 0 Å². The van der Waals surface area contributed by atoms with Crippen LogP contribution in [0.2, 0.25) is 0 Å². The number of rotatable bonds is 23. The number of methoxy groups -OCH3 is 1. The molecule has 0 aliphatic carbocycles. The summed E-state index contributed by atoms with van der Waals surface area (Å²) in [7, 11) is 1.41. The summed E-state index contributed by atoms with van der Waals surface area (Å²) in [4.78, 5) is 52.6. The highest BCUT2D eigenvalue weighted by molar-refractivity contribution is 5.98. The van der Waals surface area contributed by atoms with E-state index in [1.165, 1.54) is 149 Å². The molecule has 7 rings (SSSR count). The maximum absolute atomic E-state index is 13.3. The molecule has 0 aliphatic rings. The largest absolute Gasteiger partial charge is 0.497 e. The summed E-state index contributed by atoms with van der Waals surface area (Å²) in [6.07, 6.45) is 14.7. The van der Waals surface area contributed by atoms with Crippen LogP contribution in [0.1, 0.15) is 131 Å². The molecule has 0 unspecified atom stereocenters. The maximum atomic E-state index is 13.3. The topological polar surface area (TPSA) is 114 Å². The minimum atomic E-state index is -0.756. The van der Waals surface area contributed by atoms with Gasteiger partial charge < -0.3 is 23.7 Å². The van der Waals surface area contributed by atoms with Crippen LogP contribution in [0.3, 0.4) is 0 Å². The zero-order valence-corrected chi connectivity index (χ0v) is 40.2. The van der Waals surface area contributed by atoms with Gasteiger partial charge in [0.25, 0.3) is 0 Å². The third-order valence-electron chi connectivity index (χ3n) is 12.1. The minimum Gasteiger partial charge on any atom is -0.497 e. The van der Waals surface area contributed by atoms with Crippen LogP contribution in [-0.2, 0) is 12.8 Å². The Labute approximate surface area is 411 Å². The van der Waals surface area contributed by atoms with Crippen LogP contribution in [-0.4, -0.2) is 31.0 Å². The Morgan fingerprint density at radius 1 is 0.314 bits per heavy atom. The lowest BCUT2D eigenvalue weighted by Gasteiger charge is -2.11. The molecule has 0 saturated carbocycles. The van der Waals surface area contributed by atoms with Crippen molar-refractivity contribution in [2.45, 2.75) is 90.9 Å². The summed E-state index contributed by atoms with van der Waals surface area (Å²) in [6.45, 7) is 4.45. The van der Waals surface area contributed by atoms with E-state index in [4.69, 9.17) is 23.7 Å². The average Bonchev–Trinajstić information content (AvgIpc) is 3.40. The van der Waals surface area contributed by atoms with E-state index < -0.39 is 23.9 Å². The Morgan fingerprint density at radius 2 is 0.600 bits per heavy atom. The first kappa shape index (κ1) is 50.1. The molecule has 0 spiro atoms. The molecule has 9 heteroatoms. The standard InChI is InChI=1S/C61H60O9/c1-4-6-8-10-12-14-43-16-20-45(21-17-43)47-24-28-49(29-25-47)58(62)67-53-32-36-55(37-33-53)69-60(64)51-40-52(42-57(41-51)66-3)61(65)70-56-38-34-54(35-39-56)68-59(63)50-30-26-48(27-31-50)46-22-18-44(19-23-46)15-13-11-9-7-5-2/h16-42H,4-15H2,1-3H3. The molecular formula is C61H60O9. The number of hydrogen-bond donors (Lipinski definition) is 0. The Balaban J connectivity index is 0.875. The lowest BCUT2D eigenvalue weighted by atomic mass is 10.00. The first-order chi connectivity index (χ1) is 34.2. The van der Waals surface area contributed by atoms with Gasteiger partial charge in [0.2, 0.25) is 0 Å². The van der Waals surface area contributed by atoms with Crippen molar-refractivity contribution >= 4 is 23.9 Å². The van der Waals surface area contributed by atoms with Gasteiger partial charge in [0.05, 0.1) is 29.4 Å². The second-order valence-electron chi connectivity index (χ2n) is 17.3. The maximum Gasteiger partial charge on any atom is 0.343 e. The van der Waals surface area contributed by atoms with E-state index in [0.29, 0.717) is 11.1 Å². The fourth-order valence-corrected chi connectivity index (χ4v) is 7.96. The van der Waals surface area contributed by atoms with Gasteiger partial charge in [-0.25, -0.2) is 19.2 Å². The highest BCUT2D eigenvalue weighted by Crippen LogP contribution is 2.27. The third kappa shape index (κ3) is 14.6. The van der Waals surface area contributed by atoms with Gasteiger partial charge in [0.1, 0.15) is 28.7 Å². The van der Waals surface area contributed by atoms with Crippen molar-refractivity contribution in [3.63, 3.8) is 0 Å². The van der Waals surface area contributed by atoms with Gasteiger partial charge in [0, 0.05) is 0 Å². The summed E-state index contributed by atoms with van der Waals surface area (Å²) < 4.78 is 27.7. The minimum absolute atomic E-state index is 0.0377. The predicted octanol–water partition coefficient (Wildman–Crippen LogP) is 14.9. The van der Waals surface area contributed by atoms with Crippen molar-refractivity contribution in [3.05, 3.63) is 197 Å². The number of benzene rings is 7. The number of unbranched alkanes of at least 4 members (excludes halogenated alkanes) is 8. The number of carbonyl (C=O) groups excluding carboxylic acids is 4. The van der Waals surface area contributed by atoms with Gasteiger partial charge in [-0.1, -0.05) is 138 Å². The Hall–Kier alpha value is -7.78. The van der Waals surface area contributed by atoms with Crippen molar-refractivity contribution in [3.8, 4) is 51.0 Å². The number of hydrogen-bond acceptors (Lipinski definition) is 9. The van der Waals surface area contributed by atoms with Crippen LogP contribution in [0.25, 0.3) is 22.3 Å². The molecule has 0 heterocycles. The first-order valence-electron chi connectivity index (χ1n) is 24.3. The Kier molecular flexibility index (Phi) is 18.3. The van der Waals surface area contributed by atoms with E-state index in [0.717, 1.165) is 35.1 Å². The smallest absolute Gasteiger partial charge is 0.343 e. The number of ether oxygens (including phenoxy) is 5. The average molecular weight is 937 g/mol. The number of carbonyl (C=O) groups is 4. The van der Waals surface area contributed by atoms with Gasteiger partial charge in [-0.15, -0.1) is 0 Å². The second kappa shape index (κ2) is 25.5. The molecule has 9 nitrogen and oxygen atoms in total. The van der Waals surface area contributed by atoms with E-state index in [1.807, 2.05) is 24.3 Å². The summed E-state index contributed by atoms with van der Waals surface area (Å²) in [6, 6.07) is 48.0. The van der Waals surface area contributed by atoms with Crippen molar-refractivity contribution in [2.24, 2.45) is 0 Å². The molecule has 358 valence electrons. The predicted molar refractivity (Wildman–Crippen MR) is 274 cm³/mol. The van der Waals surface area contributed by atoms with Gasteiger partial charge in [0.15, 0.2) is 0 Å². The SMILES string of the molecule is CCCCCCCc1ccc(-c2ccc(C(=O)Oc3ccc(OC(=O)c4cc(OC)cc(C(=O)Oc5ccc(OC(=O)c6ccc(-c7ccc(CCCCCCC)cc7)cc6)cc5)c4)cc3)cc2)cc1. The van der Waals surface area contributed by atoms with Gasteiger partial charge in [-0.3, -0.25) is 0 Å². The summed E-state index contributed by atoms with van der Waals surface area (Å²) in [5.74, 6) is -1.43. The quantitative estimate of drug-likeness (QED) is 0.0351. The molecule has 70 heavy (non-hydrogen) atoms. The molecule has 0 saturated heterocycles. The molecular weight excluding hydrogens is 877 g/mol. The van der Waals surface area contributed by atoms with E-state index in [2.05, 4.69) is 62.4 Å². The Morgan fingerprint density at radius 3 is 0.900 bits per heavy atom. The number of aryl methyl sites for hydroxylation is 2. The van der Waals surface area contributed by atoms with Crippen molar-refractivity contribution < 1.29 is 42.9 Å². The lowest BCUT2D eigenvalue weighted by Crippen LogP contribution is -2.13. The molecule has 0 N–H and O–H groups in total. The van der Waals surface area contributed by atoms with Crippen LogP contribution in [0.5, 0.6) is 28.7 Å². The van der Waals surface area contributed by atoms with Crippen molar-refractivity contribution in [1.29, 1.82) is 0 Å². The zero-order valence-electron chi connectivity index (χ0n) is 40.2.